The summed E-state index contributed by atoms with van der Waals surface area (Å²) in [5, 5.41) is 0. The molecule has 0 unspecified atom stereocenters. The maximum Gasteiger partial charge on any atom is 0.162 e. The Bertz CT molecular complexity index is 572. The van der Waals surface area contributed by atoms with Gasteiger partial charge in [0.15, 0.2) is 11.5 Å². The van der Waals surface area contributed by atoms with E-state index in [2.05, 4.69) is 0 Å². The average molecular weight is 300 g/mol. The van der Waals surface area contributed by atoms with E-state index < -0.39 is 0 Å². The van der Waals surface area contributed by atoms with E-state index in [1.54, 1.807) is 6.08 Å². The molecule has 3 nitrogen and oxygen atoms in total. The maximum atomic E-state index is 10.4. The monoisotopic (exact) mass is 300 g/mol. The molecule has 22 heavy (non-hydrogen) atoms. The van der Waals surface area contributed by atoms with Crippen LogP contribution in [0, 0.1) is 0 Å². The molecule has 0 aromatic heterocycles. The van der Waals surface area contributed by atoms with Crippen LogP contribution in [0.4, 0.5) is 0 Å². The third-order valence-electron chi connectivity index (χ3n) is 2.80. The third kappa shape index (κ3) is 6.93. The first kappa shape index (κ1) is 17.8. The standard InChI is InChI=1S/C19H24O3/c1-15(2)9-12-21-18-8-7-17(6-5-11-20)14-19(18)22-13-10-16(3)4/h5-11,14H,12-13H2,1-4H3. The predicted octanol–water partition coefficient (Wildman–Crippen LogP) is 4.59. The van der Waals surface area contributed by atoms with Crippen LogP contribution >= 0.6 is 0 Å². The first-order chi connectivity index (χ1) is 10.5. The van der Waals surface area contributed by atoms with E-state index in [0.717, 1.165) is 11.8 Å². The van der Waals surface area contributed by atoms with Crippen LogP contribution in [-0.4, -0.2) is 19.5 Å². The van der Waals surface area contributed by atoms with E-state index in [9.17, 15) is 4.79 Å². The van der Waals surface area contributed by atoms with Gasteiger partial charge in [0.2, 0.25) is 0 Å². The van der Waals surface area contributed by atoms with E-state index in [0.29, 0.717) is 24.7 Å². The van der Waals surface area contributed by atoms with Crippen LogP contribution in [0.1, 0.15) is 33.3 Å². The minimum atomic E-state index is 0.488. The highest BCUT2D eigenvalue weighted by Crippen LogP contribution is 2.29. The van der Waals surface area contributed by atoms with Gasteiger partial charge in [-0.15, -0.1) is 0 Å². The first-order valence-electron chi connectivity index (χ1n) is 7.31. The van der Waals surface area contributed by atoms with Gasteiger partial charge < -0.3 is 9.47 Å². The molecule has 0 saturated heterocycles. The third-order valence-corrected chi connectivity index (χ3v) is 2.80. The summed E-state index contributed by atoms with van der Waals surface area (Å²) >= 11 is 0. The quantitative estimate of drug-likeness (QED) is 0.400. The Hall–Kier alpha value is -2.29. The molecule has 0 fully saturated rings. The lowest BCUT2D eigenvalue weighted by Crippen LogP contribution is -2.00. The van der Waals surface area contributed by atoms with Crippen LogP contribution in [0.15, 0.2) is 47.6 Å². The van der Waals surface area contributed by atoms with Crippen molar-refractivity contribution in [3.63, 3.8) is 0 Å². The van der Waals surface area contributed by atoms with Crippen LogP contribution in [0.3, 0.4) is 0 Å². The number of ether oxygens (including phenoxy) is 2. The largest absolute Gasteiger partial charge is 0.486 e. The SMILES string of the molecule is CC(C)=CCOc1ccc(C=CC=O)cc1OCC=C(C)C. The lowest BCUT2D eigenvalue weighted by Gasteiger charge is -2.12. The molecule has 1 rings (SSSR count). The minimum Gasteiger partial charge on any atom is -0.486 e. The Morgan fingerprint density at radius 2 is 1.55 bits per heavy atom. The molecule has 0 spiro atoms. The normalized spacial score (nSPS) is 10.2. The summed E-state index contributed by atoms with van der Waals surface area (Å²) < 4.78 is 11.5. The van der Waals surface area contributed by atoms with Gasteiger partial charge in [-0.2, -0.15) is 0 Å². The molecule has 0 bridgehead atoms. The van der Waals surface area contributed by atoms with Crippen molar-refractivity contribution in [3.8, 4) is 11.5 Å². The zero-order valence-corrected chi connectivity index (χ0v) is 13.8. The van der Waals surface area contributed by atoms with E-state index in [4.69, 9.17) is 9.47 Å². The van der Waals surface area contributed by atoms with Crippen molar-refractivity contribution < 1.29 is 14.3 Å². The summed E-state index contributed by atoms with van der Waals surface area (Å²) in [5.74, 6) is 1.37. The molecular weight excluding hydrogens is 276 g/mol. The molecule has 0 atom stereocenters. The zero-order chi connectivity index (χ0) is 16.4. The fourth-order valence-electron chi connectivity index (χ4n) is 1.61. The topological polar surface area (TPSA) is 35.5 Å². The predicted molar refractivity (Wildman–Crippen MR) is 91.4 cm³/mol. The number of carbonyl (C=O) groups excluding carboxylic acids is 1. The van der Waals surface area contributed by atoms with Crippen LogP contribution in [0.25, 0.3) is 6.08 Å². The summed E-state index contributed by atoms with van der Waals surface area (Å²) in [6.07, 6.45) is 7.97. The molecule has 1 aromatic carbocycles. The van der Waals surface area contributed by atoms with E-state index in [1.165, 1.54) is 17.2 Å². The highest BCUT2D eigenvalue weighted by Gasteiger charge is 2.05. The summed E-state index contributed by atoms with van der Waals surface area (Å²) in [5.41, 5.74) is 3.30. The van der Waals surface area contributed by atoms with E-state index in [-0.39, 0.29) is 0 Å². The lowest BCUT2D eigenvalue weighted by molar-refractivity contribution is -0.104. The van der Waals surface area contributed by atoms with Crippen molar-refractivity contribution in [2.45, 2.75) is 27.7 Å². The molecule has 0 heterocycles. The Morgan fingerprint density at radius 3 is 2.09 bits per heavy atom. The van der Waals surface area contributed by atoms with Crippen LogP contribution < -0.4 is 9.47 Å². The first-order valence-corrected chi connectivity index (χ1v) is 7.31. The Kier molecular flexibility index (Phi) is 7.76. The van der Waals surface area contributed by atoms with Gasteiger partial charge in [0.1, 0.15) is 19.5 Å². The highest BCUT2D eigenvalue weighted by atomic mass is 16.5. The average Bonchev–Trinajstić information content (AvgIpc) is 2.46. The number of benzene rings is 1. The number of allylic oxidation sites excluding steroid dienone is 3. The van der Waals surface area contributed by atoms with Crippen molar-refractivity contribution in [2.24, 2.45) is 0 Å². The molecule has 0 amide bonds. The van der Waals surface area contributed by atoms with Crippen molar-refractivity contribution in [1.29, 1.82) is 0 Å². The molecule has 3 heteroatoms. The molecule has 0 radical (unpaired) electrons. The molecule has 1 aromatic rings. The van der Waals surface area contributed by atoms with Crippen molar-refractivity contribution in [2.75, 3.05) is 13.2 Å². The summed E-state index contributed by atoms with van der Waals surface area (Å²) in [6, 6.07) is 5.63. The molecule has 0 saturated carbocycles. The summed E-state index contributed by atoms with van der Waals surface area (Å²) in [4.78, 5) is 10.4. The zero-order valence-electron chi connectivity index (χ0n) is 13.8. The number of hydrogen-bond acceptors (Lipinski definition) is 3. The highest BCUT2D eigenvalue weighted by molar-refractivity contribution is 5.74. The Labute approximate surface area is 132 Å². The molecule has 0 aliphatic heterocycles. The molecule has 118 valence electrons. The van der Waals surface area contributed by atoms with Crippen molar-refractivity contribution >= 4 is 12.4 Å². The summed E-state index contributed by atoms with van der Waals surface area (Å²) in [7, 11) is 0. The lowest BCUT2D eigenvalue weighted by atomic mass is 10.2. The fourth-order valence-corrected chi connectivity index (χ4v) is 1.61. The second kappa shape index (κ2) is 9.61. The van der Waals surface area contributed by atoms with Gasteiger partial charge in [-0.1, -0.05) is 23.3 Å². The minimum absolute atomic E-state index is 0.488. The number of hydrogen-bond donors (Lipinski definition) is 0. The van der Waals surface area contributed by atoms with Crippen LogP contribution in [-0.2, 0) is 4.79 Å². The van der Waals surface area contributed by atoms with Crippen molar-refractivity contribution in [1.82, 2.24) is 0 Å². The van der Waals surface area contributed by atoms with E-state index in [1.807, 2.05) is 58.0 Å². The van der Waals surface area contributed by atoms with Gasteiger partial charge in [-0.3, -0.25) is 4.79 Å². The second-order valence-corrected chi connectivity index (χ2v) is 5.39. The van der Waals surface area contributed by atoms with Gasteiger partial charge in [0, 0.05) is 0 Å². The van der Waals surface area contributed by atoms with Crippen LogP contribution in [0.2, 0.25) is 0 Å². The molecular formula is C19H24O3. The number of rotatable bonds is 8. The summed E-state index contributed by atoms with van der Waals surface area (Å²) in [6.45, 7) is 9.11. The smallest absolute Gasteiger partial charge is 0.162 e. The van der Waals surface area contributed by atoms with Crippen LogP contribution in [0.5, 0.6) is 11.5 Å². The number of aldehydes is 1. The van der Waals surface area contributed by atoms with Crippen molar-refractivity contribution in [3.05, 3.63) is 53.1 Å². The van der Waals surface area contributed by atoms with Gasteiger partial charge in [0.05, 0.1) is 0 Å². The van der Waals surface area contributed by atoms with Gasteiger partial charge >= 0.3 is 0 Å². The Morgan fingerprint density at radius 1 is 0.955 bits per heavy atom. The number of carbonyl (C=O) groups is 1. The van der Waals surface area contributed by atoms with Gasteiger partial charge in [0.25, 0.3) is 0 Å². The second-order valence-electron chi connectivity index (χ2n) is 5.39. The van der Waals surface area contributed by atoms with E-state index >= 15 is 0 Å². The Balaban J connectivity index is 2.91. The molecule has 0 N–H and O–H groups in total. The van der Waals surface area contributed by atoms with Gasteiger partial charge in [-0.05, 0) is 63.6 Å². The molecule has 0 aliphatic rings. The fraction of sp³-hybridized carbons (Fsp3) is 0.316. The maximum absolute atomic E-state index is 10.4. The molecule has 0 aliphatic carbocycles. The van der Waals surface area contributed by atoms with Gasteiger partial charge in [-0.25, -0.2) is 0 Å².